The molecule has 0 saturated heterocycles. The van der Waals surface area contributed by atoms with Gasteiger partial charge in [-0.3, -0.25) is 0 Å². The average molecular weight is 311 g/mol. The summed E-state index contributed by atoms with van der Waals surface area (Å²) < 4.78 is 25.5. The van der Waals surface area contributed by atoms with Crippen LogP contribution in [-0.2, 0) is 9.84 Å². The molecule has 2 heterocycles. The predicted molar refractivity (Wildman–Crippen MR) is 73.2 cm³/mol. The standard InChI is InChI=1S/C14H8N4O3S/c19-13-9-3-1-2-4-11(9)22(20,21)12-7-8(5-6-10(12)13)14-15-17-18-16-14/h1-7,19H/p-1. The SMILES string of the molecule is O=S1(=O)c2ccccc2C([O-])=c2ccc(=C3N=NN=N3)cc21. The first-order valence-corrected chi connectivity index (χ1v) is 7.79. The zero-order valence-corrected chi connectivity index (χ0v) is 11.8. The van der Waals surface area contributed by atoms with Gasteiger partial charge < -0.3 is 5.11 Å². The van der Waals surface area contributed by atoms with Gasteiger partial charge in [-0.1, -0.05) is 36.1 Å². The van der Waals surface area contributed by atoms with E-state index in [2.05, 4.69) is 20.7 Å². The number of benzene rings is 2. The molecule has 0 aromatic heterocycles. The number of rotatable bonds is 0. The molecule has 0 unspecified atom stereocenters. The Hall–Kier alpha value is -2.87. The number of hydrogen-bond donors (Lipinski definition) is 0. The van der Waals surface area contributed by atoms with Crippen molar-refractivity contribution in [1.29, 1.82) is 0 Å². The van der Waals surface area contributed by atoms with Crippen molar-refractivity contribution in [1.82, 2.24) is 0 Å². The summed E-state index contributed by atoms with van der Waals surface area (Å²) in [7, 11) is -3.77. The molecule has 2 aliphatic heterocycles. The van der Waals surface area contributed by atoms with Crippen molar-refractivity contribution in [2.45, 2.75) is 9.79 Å². The monoisotopic (exact) mass is 311 g/mol. The normalized spacial score (nSPS) is 17.5. The van der Waals surface area contributed by atoms with Crippen LogP contribution in [0, 0.1) is 0 Å². The Labute approximate surface area is 124 Å². The second kappa shape index (κ2) is 4.31. The van der Waals surface area contributed by atoms with Gasteiger partial charge in [-0.2, -0.15) is 0 Å². The number of sulfone groups is 1. The fourth-order valence-electron chi connectivity index (χ4n) is 2.48. The minimum absolute atomic E-state index is 0.0179. The topological polar surface area (TPSA) is 107 Å². The van der Waals surface area contributed by atoms with Crippen LogP contribution >= 0.6 is 0 Å². The van der Waals surface area contributed by atoms with Crippen molar-refractivity contribution in [3.8, 4) is 0 Å². The van der Waals surface area contributed by atoms with Crippen molar-refractivity contribution in [2.75, 3.05) is 0 Å². The minimum Gasteiger partial charge on any atom is -0.872 e. The van der Waals surface area contributed by atoms with E-state index in [1.165, 1.54) is 24.3 Å². The first-order chi connectivity index (χ1) is 10.6. The molecular formula is C14H7N4O3S-. The molecule has 4 rings (SSSR count). The van der Waals surface area contributed by atoms with E-state index in [1.54, 1.807) is 18.2 Å². The Balaban J connectivity index is 2.18. The summed E-state index contributed by atoms with van der Waals surface area (Å²) in [4.78, 5) is -0.0252. The van der Waals surface area contributed by atoms with Crippen molar-refractivity contribution in [3.63, 3.8) is 0 Å². The maximum atomic E-state index is 12.7. The van der Waals surface area contributed by atoms with Crippen LogP contribution in [0.1, 0.15) is 5.56 Å². The lowest BCUT2D eigenvalue weighted by molar-refractivity contribution is -0.245. The Morgan fingerprint density at radius 3 is 2.41 bits per heavy atom. The first-order valence-electron chi connectivity index (χ1n) is 6.31. The van der Waals surface area contributed by atoms with Crippen LogP contribution in [0.5, 0.6) is 0 Å². The molecule has 0 N–H and O–H groups in total. The highest BCUT2D eigenvalue weighted by atomic mass is 32.2. The third-order valence-corrected chi connectivity index (χ3v) is 5.37. The van der Waals surface area contributed by atoms with Crippen molar-refractivity contribution in [3.05, 3.63) is 58.5 Å². The van der Waals surface area contributed by atoms with E-state index in [9.17, 15) is 13.5 Å². The summed E-state index contributed by atoms with van der Waals surface area (Å²) in [5.74, 6) is -0.101. The van der Waals surface area contributed by atoms with Crippen LogP contribution in [0.2, 0.25) is 0 Å². The molecule has 8 heteroatoms. The largest absolute Gasteiger partial charge is 0.872 e. The Morgan fingerprint density at radius 1 is 0.909 bits per heavy atom. The van der Waals surface area contributed by atoms with Gasteiger partial charge in [0.25, 0.3) is 0 Å². The van der Waals surface area contributed by atoms with Gasteiger partial charge in [0, 0.05) is 5.22 Å². The molecule has 108 valence electrons. The first kappa shape index (κ1) is 12.8. The molecule has 0 aliphatic carbocycles. The second-order valence-corrected chi connectivity index (χ2v) is 6.63. The van der Waals surface area contributed by atoms with Crippen LogP contribution < -0.4 is 15.5 Å². The average Bonchev–Trinajstić information content (AvgIpc) is 3.07. The van der Waals surface area contributed by atoms with E-state index >= 15 is 0 Å². The lowest BCUT2D eigenvalue weighted by Gasteiger charge is -2.23. The minimum atomic E-state index is -3.77. The van der Waals surface area contributed by atoms with Gasteiger partial charge in [0.1, 0.15) is 0 Å². The highest BCUT2D eigenvalue weighted by molar-refractivity contribution is 7.91. The van der Waals surface area contributed by atoms with E-state index < -0.39 is 9.84 Å². The molecule has 0 spiro atoms. The van der Waals surface area contributed by atoms with Crippen molar-refractivity contribution < 1.29 is 13.5 Å². The van der Waals surface area contributed by atoms with E-state index in [1.807, 2.05) is 0 Å². The molecule has 2 aromatic rings. The molecule has 0 radical (unpaired) electrons. The number of hydrogen-bond acceptors (Lipinski definition) is 7. The van der Waals surface area contributed by atoms with Gasteiger partial charge in [0.2, 0.25) is 15.7 Å². The van der Waals surface area contributed by atoms with E-state index in [4.69, 9.17) is 0 Å². The molecule has 7 nitrogen and oxygen atoms in total. The Morgan fingerprint density at radius 2 is 1.64 bits per heavy atom. The predicted octanol–water partition coefficient (Wildman–Crippen LogP) is 0.248. The second-order valence-electron chi connectivity index (χ2n) is 4.74. The maximum Gasteiger partial charge on any atom is 0.207 e. The molecule has 0 fully saturated rings. The van der Waals surface area contributed by atoms with Gasteiger partial charge in [-0.05, 0) is 33.4 Å². The summed E-state index contributed by atoms with van der Waals surface area (Å²) in [6.07, 6.45) is 0. The Kier molecular flexibility index (Phi) is 2.52. The van der Waals surface area contributed by atoms with E-state index in [-0.39, 0.29) is 32.2 Å². The summed E-state index contributed by atoms with van der Waals surface area (Å²) in [5.41, 5.74) is 0.190. The molecular weight excluding hydrogens is 304 g/mol. The molecule has 0 saturated carbocycles. The van der Waals surface area contributed by atoms with Crippen LogP contribution in [-0.4, -0.2) is 8.42 Å². The highest BCUT2D eigenvalue weighted by Gasteiger charge is 2.26. The lowest BCUT2D eigenvalue weighted by Crippen LogP contribution is -2.31. The van der Waals surface area contributed by atoms with Gasteiger partial charge in [-0.25, -0.2) is 8.42 Å². The summed E-state index contributed by atoms with van der Waals surface area (Å²) in [6, 6.07) is 10.6. The van der Waals surface area contributed by atoms with Gasteiger partial charge in [0.05, 0.1) is 9.79 Å². The quantitative estimate of drug-likeness (QED) is 0.696. The fourth-order valence-corrected chi connectivity index (χ4v) is 4.16. The van der Waals surface area contributed by atoms with Crippen molar-refractivity contribution >= 4 is 21.4 Å². The third-order valence-electron chi connectivity index (χ3n) is 3.51. The smallest absolute Gasteiger partial charge is 0.207 e. The summed E-state index contributed by atoms with van der Waals surface area (Å²) in [5, 5.41) is 27.2. The van der Waals surface area contributed by atoms with Gasteiger partial charge >= 0.3 is 0 Å². The molecule has 0 atom stereocenters. The van der Waals surface area contributed by atoms with Crippen molar-refractivity contribution in [2.24, 2.45) is 20.7 Å². The molecule has 0 bridgehead atoms. The van der Waals surface area contributed by atoms with Crippen LogP contribution in [0.25, 0.3) is 11.6 Å². The highest BCUT2D eigenvalue weighted by Crippen LogP contribution is 2.27. The van der Waals surface area contributed by atoms with Crippen LogP contribution in [0.4, 0.5) is 0 Å². The van der Waals surface area contributed by atoms with E-state index in [0.29, 0.717) is 5.22 Å². The summed E-state index contributed by atoms with van der Waals surface area (Å²) in [6.45, 7) is 0. The summed E-state index contributed by atoms with van der Waals surface area (Å²) >= 11 is 0. The molecule has 22 heavy (non-hydrogen) atoms. The zero-order valence-electron chi connectivity index (χ0n) is 11.0. The van der Waals surface area contributed by atoms with Crippen LogP contribution in [0.15, 0.2) is 72.9 Å². The third kappa shape index (κ3) is 1.64. The Bertz CT molecular complexity index is 1090. The number of fused-ring (bicyclic) bond motifs is 2. The number of nitrogens with zero attached hydrogens (tertiary/aromatic N) is 4. The molecule has 0 amide bonds. The van der Waals surface area contributed by atoms with Gasteiger partial charge in [0.15, 0.2) is 0 Å². The van der Waals surface area contributed by atoms with Crippen LogP contribution in [0.3, 0.4) is 0 Å². The molecule has 2 aromatic carbocycles. The zero-order chi connectivity index (χ0) is 15.3. The molecule has 2 aliphatic rings. The maximum absolute atomic E-state index is 12.7. The van der Waals surface area contributed by atoms with Gasteiger partial charge in [-0.15, -0.1) is 10.2 Å². The fraction of sp³-hybridized carbons (Fsp3) is 0. The van der Waals surface area contributed by atoms with E-state index in [0.717, 1.165) is 0 Å². The lowest BCUT2D eigenvalue weighted by atomic mass is 10.1.